The Morgan fingerprint density at radius 1 is 1.25 bits per heavy atom. The molecule has 1 aromatic rings. The number of unbranched alkanes of at least 4 members (excludes halogenated alkanes) is 2. The molecule has 1 aromatic carbocycles. The van der Waals surface area contributed by atoms with Crippen LogP contribution < -0.4 is 4.74 Å². The van der Waals surface area contributed by atoms with Gasteiger partial charge in [-0.05, 0) is 62.8 Å². The molecule has 0 atom stereocenters. The zero-order valence-corrected chi connectivity index (χ0v) is 15.1. The van der Waals surface area contributed by atoms with E-state index in [9.17, 15) is 0 Å². The van der Waals surface area contributed by atoms with Gasteiger partial charge in [0.1, 0.15) is 12.4 Å². The maximum absolute atomic E-state index is 5.91. The van der Waals surface area contributed by atoms with Gasteiger partial charge in [-0.3, -0.25) is 0 Å². The average Bonchev–Trinajstić information content (AvgIpc) is 3.25. The van der Waals surface area contributed by atoms with Crippen LogP contribution in [0.5, 0.6) is 5.75 Å². The van der Waals surface area contributed by atoms with E-state index in [1.54, 1.807) is 12.1 Å². The van der Waals surface area contributed by atoms with Crippen LogP contribution in [0.1, 0.15) is 43.7 Å². The summed E-state index contributed by atoms with van der Waals surface area (Å²) in [7, 11) is 0. The Balaban J connectivity index is 1.37. The molecule has 0 saturated heterocycles. The molecule has 0 unspecified atom stereocenters. The number of oxime groups is 1. The summed E-state index contributed by atoms with van der Waals surface area (Å²) >= 11 is 1.57. The molecule has 0 bridgehead atoms. The van der Waals surface area contributed by atoms with E-state index in [2.05, 4.69) is 26.0 Å². The first-order chi connectivity index (χ1) is 11.9. The van der Waals surface area contributed by atoms with Crippen LogP contribution in [0.3, 0.4) is 0 Å². The molecule has 130 valence electrons. The smallest absolute Gasteiger partial charge is 0.119 e. The van der Waals surface area contributed by atoms with Crippen LogP contribution in [-0.2, 0) is 11.3 Å². The molecule has 1 aliphatic carbocycles. The normalized spacial score (nSPS) is 18.3. The van der Waals surface area contributed by atoms with Crippen LogP contribution in [0, 0.1) is 0 Å². The van der Waals surface area contributed by atoms with Crippen molar-refractivity contribution in [2.45, 2.75) is 39.0 Å². The van der Waals surface area contributed by atoms with Gasteiger partial charge in [-0.1, -0.05) is 5.16 Å². The first kappa shape index (κ1) is 17.3. The van der Waals surface area contributed by atoms with E-state index in [0.717, 1.165) is 50.4 Å². The van der Waals surface area contributed by atoms with Gasteiger partial charge >= 0.3 is 0 Å². The topological polar surface area (TPSA) is 46.4 Å². The highest BCUT2D eigenvalue weighted by Gasteiger charge is 2.19. The molecule has 6 heteroatoms. The zero-order chi connectivity index (χ0) is 16.6. The fourth-order valence-electron chi connectivity index (χ4n) is 2.92. The fourth-order valence-corrected chi connectivity index (χ4v) is 3.53. The minimum absolute atomic E-state index is 0.615. The lowest BCUT2D eigenvalue weighted by Gasteiger charge is -2.11. The summed E-state index contributed by atoms with van der Waals surface area (Å²) in [6.07, 6.45) is 7.42. The van der Waals surface area contributed by atoms with Crippen molar-refractivity contribution in [3.05, 3.63) is 29.3 Å². The van der Waals surface area contributed by atoms with Gasteiger partial charge in [0.05, 0.1) is 24.5 Å². The van der Waals surface area contributed by atoms with Gasteiger partial charge < -0.3 is 9.57 Å². The fraction of sp³-hybridized carbons (Fsp3) is 0.556. The summed E-state index contributed by atoms with van der Waals surface area (Å²) in [5.74, 6) is 0.968. The molecule has 0 N–H and O–H groups in total. The molecule has 5 nitrogen and oxygen atoms in total. The molecule has 0 saturated carbocycles. The minimum atomic E-state index is 0.615. The lowest BCUT2D eigenvalue weighted by Crippen LogP contribution is -2.14. The number of hydrogen-bond acceptors (Lipinski definition) is 6. The monoisotopic (exact) mass is 347 g/mol. The summed E-state index contributed by atoms with van der Waals surface area (Å²) in [6.45, 7) is 5.43. The molecule has 0 fully saturated rings. The Hall–Kier alpha value is -1.53. The largest absolute Gasteiger partial charge is 0.494 e. The molecule has 2 aliphatic rings. The number of ether oxygens (including phenoxy) is 1. The summed E-state index contributed by atoms with van der Waals surface area (Å²) in [6, 6.07) is 6.31. The predicted octanol–water partition coefficient (Wildman–Crippen LogP) is 3.87. The van der Waals surface area contributed by atoms with Crippen molar-refractivity contribution in [1.29, 1.82) is 0 Å². The van der Waals surface area contributed by atoms with E-state index in [1.165, 1.54) is 24.0 Å². The van der Waals surface area contributed by atoms with Gasteiger partial charge in [-0.15, -0.1) is 0 Å². The van der Waals surface area contributed by atoms with E-state index in [1.807, 2.05) is 19.2 Å². The first-order valence-corrected chi connectivity index (χ1v) is 9.48. The maximum atomic E-state index is 5.91. The van der Waals surface area contributed by atoms with Crippen LogP contribution in [0.4, 0.5) is 0 Å². The van der Waals surface area contributed by atoms with Crippen LogP contribution in [0.25, 0.3) is 0 Å². The summed E-state index contributed by atoms with van der Waals surface area (Å²) < 4.78 is 12.3. The van der Waals surface area contributed by atoms with E-state index in [-0.39, 0.29) is 0 Å². The molecule has 0 spiro atoms. The Labute approximate surface area is 148 Å². The van der Waals surface area contributed by atoms with E-state index < -0.39 is 0 Å². The van der Waals surface area contributed by atoms with Gasteiger partial charge in [0.25, 0.3) is 0 Å². The van der Waals surface area contributed by atoms with Crippen LogP contribution in [-0.4, -0.2) is 42.5 Å². The van der Waals surface area contributed by atoms with Crippen molar-refractivity contribution < 1.29 is 9.57 Å². The highest BCUT2D eigenvalue weighted by Crippen LogP contribution is 2.27. The Kier molecular flexibility index (Phi) is 6.55. The highest BCUT2D eigenvalue weighted by molar-refractivity contribution is 7.96. The van der Waals surface area contributed by atoms with Crippen molar-refractivity contribution in [1.82, 2.24) is 4.31 Å². The van der Waals surface area contributed by atoms with Gasteiger partial charge in [0.2, 0.25) is 0 Å². The number of hydrogen-bond donors (Lipinski definition) is 0. The minimum Gasteiger partial charge on any atom is -0.494 e. The third-order valence-electron chi connectivity index (χ3n) is 4.17. The van der Waals surface area contributed by atoms with Gasteiger partial charge in [-0.25, -0.2) is 8.70 Å². The molecule has 0 aromatic heterocycles. The summed E-state index contributed by atoms with van der Waals surface area (Å²) in [5.41, 5.74) is 3.58. The van der Waals surface area contributed by atoms with Crippen LogP contribution >= 0.6 is 12.1 Å². The van der Waals surface area contributed by atoms with Crippen molar-refractivity contribution in [3.63, 3.8) is 0 Å². The van der Waals surface area contributed by atoms with E-state index in [4.69, 9.17) is 9.57 Å². The molecule has 1 aliphatic heterocycles. The molecule has 3 rings (SSSR count). The van der Waals surface area contributed by atoms with Crippen LogP contribution in [0.15, 0.2) is 27.8 Å². The second kappa shape index (κ2) is 9.08. The lowest BCUT2D eigenvalue weighted by molar-refractivity contribution is 0.158. The van der Waals surface area contributed by atoms with Crippen LogP contribution in [0.2, 0.25) is 0 Å². The van der Waals surface area contributed by atoms with Crippen molar-refractivity contribution in [2.24, 2.45) is 9.55 Å². The van der Waals surface area contributed by atoms with Crippen molar-refractivity contribution >= 4 is 24.1 Å². The number of fused-ring (bicyclic) bond motifs is 1. The Bertz CT molecular complexity index is 596. The standard InChI is InChI=1S/C18H25N3O2S/c1-2-23-20-18-9-6-15-14-16(7-8-17(15)18)22-13-5-3-4-11-21-12-10-19-24-21/h7-8,10,14H,2-6,9,11-13H2,1H3/b20-18+. The molecule has 0 radical (unpaired) electrons. The molecule has 1 heterocycles. The average molecular weight is 347 g/mol. The second-order valence-corrected chi connectivity index (χ2v) is 6.83. The molecular formula is C18H25N3O2S. The van der Waals surface area contributed by atoms with E-state index >= 15 is 0 Å². The third kappa shape index (κ3) is 4.74. The first-order valence-electron chi connectivity index (χ1n) is 8.75. The number of aryl methyl sites for hydroxylation is 1. The number of rotatable bonds is 9. The predicted molar refractivity (Wildman–Crippen MR) is 99.9 cm³/mol. The Morgan fingerprint density at radius 3 is 3.04 bits per heavy atom. The van der Waals surface area contributed by atoms with E-state index in [0.29, 0.717) is 6.61 Å². The lowest BCUT2D eigenvalue weighted by atomic mass is 10.1. The van der Waals surface area contributed by atoms with Crippen molar-refractivity contribution in [3.8, 4) is 5.75 Å². The number of nitrogens with zero attached hydrogens (tertiary/aromatic N) is 3. The summed E-state index contributed by atoms with van der Waals surface area (Å²) in [5, 5.41) is 4.20. The zero-order valence-electron chi connectivity index (χ0n) is 14.2. The molecule has 24 heavy (non-hydrogen) atoms. The second-order valence-electron chi connectivity index (χ2n) is 5.94. The van der Waals surface area contributed by atoms with Crippen molar-refractivity contribution in [2.75, 3.05) is 26.3 Å². The molecular weight excluding hydrogens is 322 g/mol. The third-order valence-corrected chi connectivity index (χ3v) is 4.97. The SMILES string of the molecule is CCO/N=C1\CCc2cc(OCCCCCN3CC=NS3)ccc21. The summed E-state index contributed by atoms with van der Waals surface area (Å²) in [4.78, 5) is 5.19. The van der Waals surface area contributed by atoms with Gasteiger partial charge in [0, 0.05) is 24.9 Å². The highest BCUT2D eigenvalue weighted by atomic mass is 32.2. The quantitative estimate of drug-likeness (QED) is 0.386. The van der Waals surface area contributed by atoms with Gasteiger partial charge in [0.15, 0.2) is 0 Å². The Morgan fingerprint density at radius 2 is 2.21 bits per heavy atom. The van der Waals surface area contributed by atoms with Gasteiger partial charge in [-0.2, -0.15) is 0 Å². The maximum Gasteiger partial charge on any atom is 0.119 e. The molecule has 0 amide bonds. The number of benzene rings is 1.